The lowest BCUT2D eigenvalue weighted by atomic mass is 9.90. The average Bonchev–Trinajstić information content (AvgIpc) is 2.56. The molecule has 1 aliphatic rings. The highest BCUT2D eigenvalue weighted by molar-refractivity contribution is 6.05. The summed E-state index contributed by atoms with van der Waals surface area (Å²) in [5.74, 6) is -0.715. The van der Waals surface area contributed by atoms with Crippen molar-refractivity contribution in [2.24, 2.45) is 0 Å². The summed E-state index contributed by atoms with van der Waals surface area (Å²) in [4.78, 5) is 24.4. The van der Waals surface area contributed by atoms with Gasteiger partial charge in [0.15, 0.2) is 0 Å². The molecule has 2 N–H and O–H groups in total. The first-order valence-electron chi connectivity index (χ1n) is 7.96. The lowest BCUT2D eigenvalue weighted by Gasteiger charge is -2.24. The number of nitrogens with one attached hydrogen (secondary N) is 2. The molecule has 2 amide bonds. The van der Waals surface area contributed by atoms with Gasteiger partial charge in [-0.2, -0.15) is 0 Å². The zero-order chi connectivity index (χ0) is 16.2. The number of anilines is 2. The third-order valence-corrected chi connectivity index (χ3v) is 4.08. The molecule has 1 atom stereocenters. The Balaban J connectivity index is 1.77. The fraction of sp³-hybridized carbons (Fsp3) is 0.263. The molecule has 0 bridgehead atoms. The molecule has 2 aromatic rings. The molecule has 0 radical (unpaired) electrons. The van der Waals surface area contributed by atoms with Crippen LogP contribution in [0.3, 0.4) is 0 Å². The third kappa shape index (κ3) is 3.42. The van der Waals surface area contributed by atoms with Crippen LogP contribution in [-0.2, 0) is 16.0 Å². The van der Waals surface area contributed by atoms with E-state index in [-0.39, 0.29) is 18.2 Å². The topological polar surface area (TPSA) is 58.2 Å². The van der Waals surface area contributed by atoms with Crippen molar-refractivity contribution in [2.45, 2.75) is 32.1 Å². The first kappa shape index (κ1) is 15.3. The fourth-order valence-corrected chi connectivity index (χ4v) is 2.92. The Morgan fingerprint density at radius 2 is 1.91 bits per heavy atom. The summed E-state index contributed by atoms with van der Waals surface area (Å²) in [6, 6.07) is 15.3. The molecule has 0 aliphatic carbocycles. The Labute approximate surface area is 135 Å². The second-order valence-electron chi connectivity index (χ2n) is 5.83. The molecule has 0 fully saturated rings. The van der Waals surface area contributed by atoms with Gasteiger partial charge >= 0.3 is 0 Å². The second kappa shape index (κ2) is 6.65. The van der Waals surface area contributed by atoms with Gasteiger partial charge in [-0.05, 0) is 35.7 Å². The van der Waals surface area contributed by atoms with E-state index in [2.05, 4.69) is 17.6 Å². The number of aryl methyl sites for hydroxylation is 1. The zero-order valence-corrected chi connectivity index (χ0v) is 13.1. The van der Waals surface area contributed by atoms with Gasteiger partial charge in [-0.15, -0.1) is 0 Å². The predicted octanol–water partition coefficient (Wildman–Crippen LogP) is 3.70. The summed E-state index contributed by atoms with van der Waals surface area (Å²) in [7, 11) is 0. The van der Waals surface area contributed by atoms with E-state index in [1.165, 1.54) is 5.56 Å². The van der Waals surface area contributed by atoms with Crippen molar-refractivity contribution in [3.8, 4) is 0 Å². The number of carbonyl (C=O) groups excluding carboxylic acids is 2. The molecule has 1 heterocycles. The van der Waals surface area contributed by atoms with Crippen LogP contribution >= 0.6 is 0 Å². The number of rotatable bonds is 4. The first-order chi connectivity index (χ1) is 11.2. The van der Waals surface area contributed by atoms with Gasteiger partial charge in [0.1, 0.15) is 0 Å². The number of hydrogen-bond donors (Lipinski definition) is 2. The van der Waals surface area contributed by atoms with Crippen LogP contribution in [0.2, 0.25) is 0 Å². The SMILES string of the molecule is CCCc1ccc(NC(=O)C2CC(=O)Nc3ccccc32)cc1. The van der Waals surface area contributed by atoms with Crippen LogP contribution in [0.15, 0.2) is 48.5 Å². The Kier molecular flexibility index (Phi) is 4.42. The highest BCUT2D eigenvalue weighted by Gasteiger charge is 2.30. The summed E-state index contributed by atoms with van der Waals surface area (Å²) in [5, 5.41) is 5.73. The van der Waals surface area contributed by atoms with Crippen molar-refractivity contribution in [3.05, 3.63) is 59.7 Å². The number of fused-ring (bicyclic) bond motifs is 1. The van der Waals surface area contributed by atoms with E-state index >= 15 is 0 Å². The molecule has 1 unspecified atom stereocenters. The van der Waals surface area contributed by atoms with Crippen molar-refractivity contribution < 1.29 is 9.59 Å². The lowest BCUT2D eigenvalue weighted by molar-refractivity contribution is -0.123. The lowest BCUT2D eigenvalue weighted by Crippen LogP contribution is -2.30. The normalized spacial score (nSPS) is 16.4. The summed E-state index contributed by atoms with van der Waals surface area (Å²) >= 11 is 0. The number of hydrogen-bond acceptors (Lipinski definition) is 2. The largest absolute Gasteiger partial charge is 0.326 e. The van der Waals surface area contributed by atoms with Gasteiger partial charge in [-0.25, -0.2) is 0 Å². The Morgan fingerprint density at radius 1 is 1.17 bits per heavy atom. The second-order valence-corrected chi connectivity index (χ2v) is 5.83. The number of para-hydroxylation sites is 1. The van der Waals surface area contributed by atoms with Gasteiger partial charge in [0.2, 0.25) is 11.8 Å². The quantitative estimate of drug-likeness (QED) is 0.904. The molecule has 0 aromatic heterocycles. The Bertz CT molecular complexity index is 722. The van der Waals surface area contributed by atoms with Crippen molar-refractivity contribution >= 4 is 23.2 Å². The van der Waals surface area contributed by atoms with E-state index in [1.807, 2.05) is 48.5 Å². The summed E-state index contributed by atoms with van der Waals surface area (Å²) in [6.07, 6.45) is 2.31. The minimum absolute atomic E-state index is 0.123. The molecule has 0 spiro atoms. The van der Waals surface area contributed by atoms with Crippen molar-refractivity contribution in [1.29, 1.82) is 0 Å². The van der Waals surface area contributed by atoms with Crippen LogP contribution < -0.4 is 10.6 Å². The van der Waals surface area contributed by atoms with Gasteiger partial charge < -0.3 is 10.6 Å². The third-order valence-electron chi connectivity index (χ3n) is 4.08. The zero-order valence-electron chi connectivity index (χ0n) is 13.1. The molecule has 4 nitrogen and oxygen atoms in total. The Morgan fingerprint density at radius 3 is 2.65 bits per heavy atom. The molecule has 0 saturated carbocycles. The van der Waals surface area contributed by atoms with Crippen LogP contribution in [0.5, 0.6) is 0 Å². The first-order valence-corrected chi connectivity index (χ1v) is 7.96. The fourth-order valence-electron chi connectivity index (χ4n) is 2.92. The van der Waals surface area contributed by atoms with Gasteiger partial charge in [0, 0.05) is 17.8 Å². The van der Waals surface area contributed by atoms with Crippen LogP contribution in [0.25, 0.3) is 0 Å². The molecular weight excluding hydrogens is 288 g/mol. The maximum absolute atomic E-state index is 12.6. The van der Waals surface area contributed by atoms with Crippen LogP contribution in [0.4, 0.5) is 11.4 Å². The number of amides is 2. The van der Waals surface area contributed by atoms with E-state index in [0.29, 0.717) is 0 Å². The van der Waals surface area contributed by atoms with E-state index < -0.39 is 5.92 Å². The molecular formula is C19H20N2O2. The molecule has 23 heavy (non-hydrogen) atoms. The Hall–Kier alpha value is -2.62. The predicted molar refractivity (Wildman–Crippen MR) is 91.5 cm³/mol. The minimum atomic E-state index is -0.449. The van der Waals surface area contributed by atoms with E-state index in [0.717, 1.165) is 29.8 Å². The summed E-state index contributed by atoms with van der Waals surface area (Å²) in [5.41, 5.74) is 3.61. The molecule has 4 heteroatoms. The molecule has 1 aliphatic heterocycles. The number of benzene rings is 2. The van der Waals surface area contributed by atoms with E-state index in [4.69, 9.17) is 0 Å². The van der Waals surface area contributed by atoms with Gasteiger partial charge in [-0.1, -0.05) is 43.7 Å². The standard InChI is InChI=1S/C19H20N2O2/c1-2-5-13-8-10-14(11-9-13)20-19(23)16-12-18(22)21-17-7-4-3-6-15(16)17/h3-4,6-11,16H,2,5,12H2,1H3,(H,20,23)(H,21,22). The molecule has 118 valence electrons. The highest BCUT2D eigenvalue weighted by Crippen LogP contribution is 2.32. The highest BCUT2D eigenvalue weighted by atomic mass is 16.2. The van der Waals surface area contributed by atoms with Crippen molar-refractivity contribution in [3.63, 3.8) is 0 Å². The minimum Gasteiger partial charge on any atom is -0.326 e. The maximum Gasteiger partial charge on any atom is 0.232 e. The van der Waals surface area contributed by atoms with Crippen molar-refractivity contribution in [2.75, 3.05) is 10.6 Å². The van der Waals surface area contributed by atoms with Gasteiger partial charge in [-0.3, -0.25) is 9.59 Å². The van der Waals surface area contributed by atoms with Crippen molar-refractivity contribution in [1.82, 2.24) is 0 Å². The average molecular weight is 308 g/mol. The maximum atomic E-state index is 12.6. The van der Waals surface area contributed by atoms with Gasteiger partial charge in [0.25, 0.3) is 0 Å². The summed E-state index contributed by atoms with van der Waals surface area (Å²) < 4.78 is 0. The summed E-state index contributed by atoms with van der Waals surface area (Å²) in [6.45, 7) is 2.14. The van der Waals surface area contributed by atoms with Gasteiger partial charge in [0.05, 0.1) is 5.92 Å². The van der Waals surface area contributed by atoms with E-state index in [1.54, 1.807) is 0 Å². The van der Waals surface area contributed by atoms with Crippen LogP contribution in [0, 0.1) is 0 Å². The molecule has 2 aromatic carbocycles. The molecule has 0 saturated heterocycles. The monoisotopic (exact) mass is 308 g/mol. The smallest absolute Gasteiger partial charge is 0.232 e. The van der Waals surface area contributed by atoms with Crippen LogP contribution in [-0.4, -0.2) is 11.8 Å². The van der Waals surface area contributed by atoms with E-state index in [9.17, 15) is 9.59 Å². The van der Waals surface area contributed by atoms with Crippen LogP contribution in [0.1, 0.15) is 36.8 Å². The molecule has 3 rings (SSSR count). The number of carbonyl (C=O) groups is 2.